The Kier molecular flexibility index (Phi) is 7.39. The summed E-state index contributed by atoms with van der Waals surface area (Å²) in [5.74, 6) is -1.52. The van der Waals surface area contributed by atoms with Crippen LogP contribution in [-0.4, -0.2) is 37.0 Å². The van der Waals surface area contributed by atoms with Gasteiger partial charge in [0.05, 0.1) is 18.4 Å². The lowest BCUT2D eigenvalue weighted by atomic mass is 10.1. The molecule has 0 saturated carbocycles. The van der Waals surface area contributed by atoms with Crippen molar-refractivity contribution in [2.75, 3.05) is 11.9 Å². The van der Waals surface area contributed by atoms with E-state index in [9.17, 15) is 18.4 Å². The maximum Gasteiger partial charge on any atom is 0.266 e. The van der Waals surface area contributed by atoms with E-state index in [4.69, 9.17) is 0 Å². The Bertz CT molecular complexity index is 1740. The molecule has 0 bridgehead atoms. The molecule has 2 N–H and O–H groups in total. The van der Waals surface area contributed by atoms with Crippen LogP contribution in [-0.2, 0) is 6.54 Å². The lowest BCUT2D eigenvalue weighted by Gasteiger charge is -2.08. The minimum absolute atomic E-state index is 0.0591. The molecule has 0 aliphatic rings. The monoisotopic (exact) mass is 525 g/mol. The molecule has 0 radical (unpaired) electrons. The van der Waals surface area contributed by atoms with Crippen LogP contribution >= 0.6 is 0 Å². The second-order valence-electron chi connectivity index (χ2n) is 8.45. The van der Waals surface area contributed by atoms with Crippen LogP contribution in [0.15, 0.2) is 90.4 Å². The van der Waals surface area contributed by atoms with E-state index in [2.05, 4.69) is 30.6 Å². The van der Waals surface area contributed by atoms with E-state index in [1.54, 1.807) is 18.5 Å². The van der Waals surface area contributed by atoms with Gasteiger partial charge in [-0.25, -0.2) is 28.7 Å². The van der Waals surface area contributed by atoms with Crippen molar-refractivity contribution in [1.29, 1.82) is 0 Å². The van der Waals surface area contributed by atoms with Gasteiger partial charge in [0.25, 0.3) is 11.5 Å². The highest BCUT2D eigenvalue weighted by Gasteiger charge is 2.13. The average Bonchev–Trinajstić information content (AvgIpc) is 2.94. The zero-order valence-electron chi connectivity index (χ0n) is 20.4. The van der Waals surface area contributed by atoms with Gasteiger partial charge in [-0.3, -0.25) is 14.2 Å². The third-order valence-corrected chi connectivity index (χ3v) is 5.68. The Balaban J connectivity index is 1.20. The number of anilines is 2. The first-order valence-corrected chi connectivity index (χ1v) is 11.8. The number of fused-ring (bicyclic) bond motifs is 1. The van der Waals surface area contributed by atoms with Crippen molar-refractivity contribution in [2.45, 2.75) is 6.54 Å². The number of carbonyl (C=O) groups excluding carboxylic acids is 1. The standard InChI is InChI=1S/C28H21F2N7O2/c29-22-8-6-19(13-23(22)30)16-37-17-31-15-21(27(37)39)26(38)33-11-3-4-18-7-9-24-20(12-18)14-34-28(35-24)36-25-5-1-2-10-32-25/h1-10,12-15,17H,11,16H2,(H,33,38)(H,32,34,35,36)/b4-3+. The maximum atomic E-state index is 13.5. The Morgan fingerprint density at radius 2 is 1.90 bits per heavy atom. The van der Waals surface area contributed by atoms with Gasteiger partial charge < -0.3 is 10.6 Å². The highest BCUT2D eigenvalue weighted by atomic mass is 19.2. The molecule has 5 aromatic rings. The molecule has 194 valence electrons. The SMILES string of the molecule is O=C(NC/C=C/c1ccc2nc(Nc3ccccn3)ncc2c1)c1cncn(Cc2ccc(F)c(F)c2)c1=O. The summed E-state index contributed by atoms with van der Waals surface area (Å²) in [5.41, 5.74) is 1.24. The van der Waals surface area contributed by atoms with E-state index < -0.39 is 23.1 Å². The molecule has 0 fully saturated rings. The highest BCUT2D eigenvalue weighted by molar-refractivity contribution is 5.93. The first-order chi connectivity index (χ1) is 19.0. The molecule has 9 nitrogen and oxygen atoms in total. The second kappa shape index (κ2) is 11.4. The summed E-state index contributed by atoms with van der Waals surface area (Å²) in [4.78, 5) is 42.3. The minimum Gasteiger partial charge on any atom is -0.348 e. The fourth-order valence-corrected chi connectivity index (χ4v) is 3.76. The van der Waals surface area contributed by atoms with Gasteiger partial charge in [0.1, 0.15) is 11.4 Å². The normalized spacial score (nSPS) is 11.1. The van der Waals surface area contributed by atoms with E-state index in [0.29, 0.717) is 17.3 Å². The number of hydrogen-bond acceptors (Lipinski definition) is 7. The van der Waals surface area contributed by atoms with Crippen LogP contribution in [0.2, 0.25) is 0 Å². The van der Waals surface area contributed by atoms with E-state index in [1.165, 1.54) is 18.6 Å². The van der Waals surface area contributed by atoms with Gasteiger partial charge in [0.15, 0.2) is 11.6 Å². The van der Waals surface area contributed by atoms with Crippen molar-refractivity contribution >= 4 is 34.7 Å². The largest absolute Gasteiger partial charge is 0.348 e. The Hall–Kier alpha value is -5.32. The fourth-order valence-electron chi connectivity index (χ4n) is 3.76. The molecular formula is C28H21F2N7O2. The summed E-state index contributed by atoms with van der Waals surface area (Å²) in [6.07, 6.45) is 9.36. The first kappa shape index (κ1) is 25.3. The number of pyridine rings is 1. The number of nitrogens with zero attached hydrogens (tertiary/aromatic N) is 5. The number of nitrogens with one attached hydrogen (secondary N) is 2. The number of carbonyl (C=O) groups is 1. The molecule has 0 saturated heterocycles. The number of halogens is 2. The third-order valence-electron chi connectivity index (χ3n) is 5.68. The Morgan fingerprint density at radius 3 is 2.72 bits per heavy atom. The van der Waals surface area contributed by atoms with Crippen LogP contribution < -0.4 is 16.2 Å². The van der Waals surface area contributed by atoms with Crippen LogP contribution in [0.1, 0.15) is 21.5 Å². The number of hydrogen-bond donors (Lipinski definition) is 2. The van der Waals surface area contributed by atoms with Crippen LogP contribution in [0, 0.1) is 11.6 Å². The zero-order chi connectivity index (χ0) is 27.2. The molecule has 2 aromatic carbocycles. The van der Waals surface area contributed by atoms with Crippen molar-refractivity contribution in [3.8, 4) is 0 Å². The third kappa shape index (κ3) is 6.16. The minimum atomic E-state index is -1.02. The lowest BCUT2D eigenvalue weighted by molar-refractivity contribution is 0.0955. The van der Waals surface area contributed by atoms with Crippen LogP contribution in [0.25, 0.3) is 17.0 Å². The van der Waals surface area contributed by atoms with Crippen LogP contribution in [0.3, 0.4) is 0 Å². The van der Waals surface area contributed by atoms with Gasteiger partial charge in [0, 0.05) is 30.5 Å². The van der Waals surface area contributed by atoms with Crippen molar-refractivity contribution < 1.29 is 13.6 Å². The zero-order valence-corrected chi connectivity index (χ0v) is 20.4. The molecule has 0 aliphatic heterocycles. The summed E-state index contributed by atoms with van der Waals surface area (Å²) in [6.45, 7) is 0.105. The molecule has 3 heterocycles. The Labute approximate surface area is 220 Å². The molecule has 0 unspecified atom stereocenters. The number of rotatable bonds is 8. The summed E-state index contributed by atoms with van der Waals surface area (Å²) < 4.78 is 27.8. The molecule has 39 heavy (non-hydrogen) atoms. The number of aromatic nitrogens is 5. The number of benzene rings is 2. The molecule has 5 rings (SSSR count). The fraction of sp³-hybridized carbons (Fsp3) is 0.0714. The van der Waals surface area contributed by atoms with Gasteiger partial charge in [-0.05, 0) is 47.5 Å². The molecule has 0 atom stereocenters. The van der Waals surface area contributed by atoms with Crippen molar-refractivity contribution in [2.24, 2.45) is 0 Å². The van der Waals surface area contributed by atoms with Gasteiger partial charge in [-0.1, -0.05) is 30.4 Å². The van der Waals surface area contributed by atoms with Crippen LogP contribution in [0.4, 0.5) is 20.5 Å². The molecule has 0 aliphatic carbocycles. The van der Waals surface area contributed by atoms with E-state index in [0.717, 1.165) is 33.2 Å². The molecule has 3 aromatic heterocycles. The van der Waals surface area contributed by atoms with Gasteiger partial charge in [-0.15, -0.1) is 0 Å². The predicted octanol–water partition coefficient (Wildman–Crippen LogP) is 4.09. The second-order valence-corrected chi connectivity index (χ2v) is 8.45. The van der Waals surface area contributed by atoms with E-state index in [1.807, 2.05) is 42.5 Å². The van der Waals surface area contributed by atoms with Crippen molar-refractivity contribution in [1.82, 2.24) is 29.8 Å². The molecule has 1 amide bonds. The van der Waals surface area contributed by atoms with E-state index >= 15 is 0 Å². The summed E-state index contributed by atoms with van der Waals surface area (Å²) in [5, 5.41) is 6.55. The summed E-state index contributed by atoms with van der Waals surface area (Å²) in [7, 11) is 0. The smallest absolute Gasteiger partial charge is 0.266 e. The maximum absolute atomic E-state index is 13.5. The molecular weight excluding hydrogens is 504 g/mol. The number of amides is 1. The van der Waals surface area contributed by atoms with E-state index in [-0.39, 0.29) is 18.7 Å². The average molecular weight is 526 g/mol. The topological polar surface area (TPSA) is 115 Å². The quantitative estimate of drug-likeness (QED) is 0.314. The summed E-state index contributed by atoms with van der Waals surface area (Å²) >= 11 is 0. The van der Waals surface area contributed by atoms with Gasteiger partial charge in [-0.2, -0.15) is 0 Å². The van der Waals surface area contributed by atoms with Gasteiger partial charge >= 0.3 is 0 Å². The molecule has 0 spiro atoms. The van der Waals surface area contributed by atoms with Crippen LogP contribution in [0.5, 0.6) is 0 Å². The molecule has 11 heteroatoms. The predicted molar refractivity (Wildman–Crippen MR) is 142 cm³/mol. The Morgan fingerprint density at radius 1 is 1.00 bits per heavy atom. The van der Waals surface area contributed by atoms with Crippen molar-refractivity contribution in [3.63, 3.8) is 0 Å². The van der Waals surface area contributed by atoms with Gasteiger partial charge in [0.2, 0.25) is 5.95 Å². The first-order valence-electron chi connectivity index (χ1n) is 11.8. The summed E-state index contributed by atoms with van der Waals surface area (Å²) in [6, 6.07) is 14.5. The highest BCUT2D eigenvalue weighted by Crippen LogP contribution is 2.17. The lowest BCUT2D eigenvalue weighted by Crippen LogP contribution is -2.33. The van der Waals surface area contributed by atoms with Crippen molar-refractivity contribution in [3.05, 3.63) is 124 Å².